The van der Waals surface area contributed by atoms with E-state index in [1.807, 2.05) is 12.1 Å². The third-order valence-electron chi connectivity index (χ3n) is 2.76. The molecular formula is C14H13ClN2. The van der Waals surface area contributed by atoms with Crippen molar-refractivity contribution in [2.24, 2.45) is 0 Å². The number of halogens is 1. The highest BCUT2D eigenvalue weighted by Gasteiger charge is 2.19. The minimum absolute atomic E-state index is 0.00397. The maximum Gasteiger partial charge on any atom is 0.102 e. The number of para-hydroxylation sites is 1. The molecule has 0 saturated heterocycles. The summed E-state index contributed by atoms with van der Waals surface area (Å²) in [5, 5.41) is 10.3. The zero-order chi connectivity index (χ0) is 12.6. The molecule has 0 aliphatic carbocycles. The molecule has 0 aliphatic rings. The lowest BCUT2D eigenvalue weighted by molar-refractivity contribution is 0.594. The van der Waals surface area contributed by atoms with Crippen molar-refractivity contribution in [3.05, 3.63) is 40.5 Å². The number of nitrogens with zero attached hydrogens (tertiary/aromatic N) is 2. The first-order valence-corrected chi connectivity index (χ1v) is 5.81. The minimum atomic E-state index is 0.00397. The number of aromatic nitrogens is 1. The Morgan fingerprint density at radius 3 is 2.59 bits per heavy atom. The van der Waals surface area contributed by atoms with Gasteiger partial charge in [-0.2, -0.15) is 5.26 Å². The first-order chi connectivity index (χ1) is 7.95. The lowest BCUT2D eigenvalue weighted by Gasteiger charge is -2.20. The van der Waals surface area contributed by atoms with E-state index in [1.165, 1.54) is 0 Å². The van der Waals surface area contributed by atoms with Gasteiger partial charge in [0.1, 0.15) is 6.07 Å². The summed E-state index contributed by atoms with van der Waals surface area (Å²) in [4.78, 5) is 4.37. The lowest BCUT2D eigenvalue weighted by atomic mass is 9.85. The van der Waals surface area contributed by atoms with Gasteiger partial charge in [-0.3, -0.25) is 4.98 Å². The van der Waals surface area contributed by atoms with Crippen LogP contribution in [0.3, 0.4) is 0 Å². The third kappa shape index (κ3) is 1.99. The van der Waals surface area contributed by atoms with Gasteiger partial charge in [-0.15, -0.1) is 0 Å². The van der Waals surface area contributed by atoms with Crippen molar-refractivity contribution in [3.8, 4) is 6.07 Å². The van der Waals surface area contributed by atoms with Crippen molar-refractivity contribution >= 4 is 22.5 Å². The molecule has 86 valence electrons. The van der Waals surface area contributed by atoms with Crippen LogP contribution in [0.4, 0.5) is 0 Å². The molecule has 0 radical (unpaired) electrons. The Morgan fingerprint density at radius 2 is 2.00 bits per heavy atom. The van der Waals surface area contributed by atoms with E-state index in [1.54, 1.807) is 6.20 Å². The fraction of sp³-hybridized carbons (Fsp3) is 0.286. The molecule has 2 rings (SSSR count). The monoisotopic (exact) mass is 244 g/mol. The Labute approximate surface area is 106 Å². The van der Waals surface area contributed by atoms with Gasteiger partial charge < -0.3 is 0 Å². The van der Waals surface area contributed by atoms with Crippen molar-refractivity contribution in [2.45, 2.75) is 26.2 Å². The quantitative estimate of drug-likeness (QED) is 0.701. The van der Waals surface area contributed by atoms with Crippen molar-refractivity contribution < 1.29 is 0 Å². The van der Waals surface area contributed by atoms with Gasteiger partial charge in [0.05, 0.1) is 16.1 Å². The van der Waals surface area contributed by atoms with Crippen LogP contribution in [0.25, 0.3) is 10.9 Å². The van der Waals surface area contributed by atoms with Crippen LogP contribution in [0.15, 0.2) is 24.4 Å². The van der Waals surface area contributed by atoms with Crippen LogP contribution < -0.4 is 0 Å². The summed E-state index contributed by atoms with van der Waals surface area (Å²) >= 11 is 6.20. The van der Waals surface area contributed by atoms with E-state index >= 15 is 0 Å². The van der Waals surface area contributed by atoms with Crippen LogP contribution in [0.2, 0.25) is 5.02 Å². The molecule has 1 heterocycles. The smallest absolute Gasteiger partial charge is 0.102 e. The van der Waals surface area contributed by atoms with Crippen molar-refractivity contribution in [3.63, 3.8) is 0 Å². The van der Waals surface area contributed by atoms with Gasteiger partial charge in [-0.25, -0.2) is 0 Å². The van der Waals surface area contributed by atoms with Crippen molar-refractivity contribution in [1.29, 1.82) is 5.26 Å². The highest BCUT2D eigenvalue weighted by molar-refractivity contribution is 6.36. The molecular weight excluding hydrogens is 232 g/mol. The molecule has 0 atom stereocenters. The standard InChI is InChI=1S/C14H13ClN2/c1-14(2,3)11-6-4-5-10-12(15)9(7-16)8-17-13(10)11/h4-6,8H,1-3H3. The number of rotatable bonds is 0. The van der Waals surface area contributed by atoms with Crippen LogP contribution in [0, 0.1) is 11.3 Å². The summed E-state index contributed by atoms with van der Waals surface area (Å²) in [5.41, 5.74) is 2.44. The molecule has 2 aromatic rings. The van der Waals surface area contributed by atoms with Crippen LogP contribution >= 0.6 is 11.6 Å². The summed E-state index contributed by atoms with van der Waals surface area (Å²) < 4.78 is 0. The average molecular weight is 245 g/mol. The second-order valence-corrected chi connectivity index (χ2v) is 5.43. The second-order valence-electron chi connectivity index (χ2n) is 5.05. The summed E-state index contributed by atoms with van der Waals surface area (Å²) in [6, 6.07) is 7.96. The van der Waals surface area contributed by atoms with Gasteiger partial charge in [0.2, 0.25) is 0 Å². The van der Waals surface area contributed by atoms with Gasteiger partial charge in [-0.1, -0.05) is 50.6 Å². The van der Waals surface area contributed by atoms with Gasteiger partial charge in [0.15, 0.2) is 0 Å². The van der Waals surface area contributed by atoms with Crippen LogP contribution in [0.1, 0.15) is 31.9 Å². The molecule has 2 nitrogen and oxygen atoms in total. The fourth-order valence-corrected chi connectivity index (χ4v) is 2.12. The van der Waals surface area contributed by atoms with Crippen LogP contribution in [-0.2, 0) is 5.41 Å². The molecule has 0 amide bonds. The maximum absolute atomic E-state index is 8.93. The maximum atomic E-state index is 8.93. The Hall–Kier alpha value is -1.59. The number of hydrogen-bond acceptors (Lipinski definition) is 2. The number of nitriles is 1. The second kappa shape index (κ2) is 4.01. The molecule has 0 fully saturated rings. The van der Waals surface area contributed by atoms with Gasteiger partial charge in [0, 0.05) is 11.6 Å². The summed E-state index contributed by atoms with van der Waals surface area (Å²) in [6.07, 6.45) is 1.54. The number of benzene rings is 1. The average Bonchev–Trinajstić information content (AvgIpc) is 2.28. The highest BCUT2D eigenvalue weighted by atomic mass is 35.5. The normalized spacial score (nSPS) is 11.5. The lowest BCUT2D eigenvalue weighted by Crippen LogP contribution is -2.12. The zero-order valence-electron chi connectivity index (χ0n) is 10.1. The summed E-state index contributed by atoms with van der Waals surface area (Å²) in [7, 11) is 0. The predicted octanol–water partition coefficient (Wildman–Crippen LogP) is 4.06. The fourth-order valence-electron chi connectivity index (χ4n) is 1.87. The Kier molecular flexibility index (Phi) is 2.81. The molecule has 0 bridgehead atoms. The van der Waals surface area contributed by atoms with E-state index < -0.39 is 0 Å². The molecule has 0 spiro atoms. The van der Waals surface area contributed by atoms with E-state index in [2.05, 4.69) is 37.9 Å². The Bertz CT molecular complexity index is 618. The molecule has 0 saturated carbocycles. The zero-order valence-corrected chi connectivity index (χ0v) is 10.8. The predicted molar refractivity (Wildman–Crippen MR) is 70.2 cm³/mol. The van der Waals surface area contributed by atoms with E-state index in [-0.39, 0.29) is 5.41 Å². The number of hydrogen-bond donors (Lipinski definition) is 0. The van der Waals surface area contributed by atoms with Gasteiger partial charge >= 0.3 is 0 Å². The number of pyridine rings is 1. The summed E-state index contributed by atoms with van der Waals surface area (Å²) in [5.74, 6) is 0. The third-order valence-corrected chi connectivity index (χ3v) is 3.17. The minimum Gasteiger partial charge on any atom is -0.254 e. The molecule has 0 unspecified atom stereocenters. The molecule has 1 aromatic heterocycles. The first kappa shape index (κ1) is 11.9. The largest absolute Gasteiger partial charge is 0.254 e. The molecule has 3 heteroatoms. The SMILES string of the molecule is CC(C)(C)c1cccc2c(Cl)c(C#N)cnc12. The molecule has 0 aliphatic heterocycles. The van der Waals surface area contributed by atoms with Gasteiger partial charge in [-0.05, 0) is 11.0 Å². The Balaban J connectivity index is 2.86. The van der Waals surface area contributed by atoms with E-state index in [9.17, 15) is 0 Å². The van der Waals surface area contributed by atoms with Gasteiger partial charge in [0.25, 0.3) is 0 Å². The van der Waals surface area contributed by atoms with Crippen LogP contribution in [-0.4, -0.2) is 4.98 Å². The topological polar surface area (TPSA) is 36.7 Å². The van der Waals surface area contributed by atoms with E-state index in [0.717, 1.165) is 16.5 Å². The van der Waals surface area contributed by atoms with E-state index in [0.29, 0.717) is 10.6 Å². The first-order valence-electron chi connectivity index (χ1n) is 5.43. The highest BCUT2D eigenvalue weighted by Crippen LogP contribution is 2.32. The van der Waals surface area contributed by atoms with E-state index in [4.69, 9.17) is 16.9 Å². The van der Waals surface area contributed by atoms with Crippen molar-refractivity contribution in [2.75, 3.05) is 0 Å². The van der Waals surface area contributed by atoms with Crippen molar-refractivity contribution in [1.82, 2.24) is 4.98 Å². The molecule has 0 N–H and O–H groups in total. The van der Waals surface area contributed by atoms with Crippen LogP contribution in [0.5, 0.6) is 0 Å². The molecule has 17 heavy (non-hydrogen) atoms. The summed E-state index contributed by atoms with van der Waals surface area (Å²) in [6.45, 7) is 6.40. The molecule has 1 aromatic carbocycles. The number of fused-ring (bicyclic) bond motifs is 1. The Morgan fingerprint density at radius 1 is 1.29 bits per heavy atom.